The molecule has 0 aliphatic carbocycles. The summed E-state index contributed by atoms with van der Waals surface area (Å²) in [6, 6.07) is 12.1. The Kier molecular flexibility index (Phi) is 5.72. The molecule has 0 aromatic heterocycles. The quantitative estimate of drug-likeness (QED) is 0.870. The van der Waals surface area contributed by atoms with Crippen molar-refractivity contribution in [3.8, 4) is 5.75 Å². The van der Waals surface area contributed by atoms with E-state index in [0.29, 0.717) is 23.9 Å². The second kappa shape index (κ2) is 7.87. The number of amides is 1. The maximum absolute atomic E-state index is 13.8. The van der Waals surface area contributed by atoms with Crippen molar-refractivity contribution in [2.45, 2.75) is 13.0 Å². The van der Waals surface area contributed by atoms with E-state index in [0.717, 1.165) is 30.0 Å². The first-order chi connectivity index (χ1) is 12.6. The second-order valence-electron chi connectivity index (χ2n) is 7.22. The molecule has 0 bridgehead atoms. The number of nitrogens with one attached hydrogen (secondary N) is 1. The van der Waals surface area contributed by atoms with Crippen molar-refractivity contribution in [1.82, 2.24) is 10.2 Å². The molecule has 1 amide bonds. The lowest BCUT2D eigenvalue weighted by Crippen LogP contribution is -2.35. The lowest BCUT2D eigenvalue weighted by atomic mass is 9.89. The van der Waals surface area contributed by atoms with Crippen LogP contribution in [0.5, 0.6) is 5.75 Å². The Balaban J connectivity index is 0.00000210. The summed E-state index contributed by atoms with van der Waals surface area (Å²) < 4.78 is 19.1. The predicted molar refractivity (Wildman–Crippen MR) is 105 cm³/mol. The lowest BCUT2D eigenvalue weighted by Gasteiger charge is -2.29. The minimum absolute atomic E-state index is 0. The van der Waals surface area contributed by atoms with Gasteiger partial charge in [-0.15, -0.1) is 12.4 Å². The molecule has 4 rings (SSSR count). The second-order valence-corrected chi connectivity index (χ2v) is 7.22. The van der Waals surface area contributed by atoms with E-state index in [1.165, 1.54) is 6.07 Å². The topological polar surface area (TPSA) is 41.6 Å². The molecule has 3 atom stereocenters. The molecule has 27 heavy (non-hydrogen) atoms. The van der Waals surface area contributed by atoms with Gasteiger partial charge in [0, 0.05) is 31.1 Å². The summed E-state index contributed by atoms with van der Waals surface area (Å²) in [7, 11) is 1.62. The van der Waals surface area contributed by atoms with Crippen molar-refractivity contribution in [2.75, 3.05) is 26.7 Å². The number of likely N-dealkylation sites (tertiary alicyclic amines) is 1. The number of hydrogen-bond donors (Lipinski definition) is 1. The molecule has 0 radical (unpaired) electrons. The Labute approximate surface area is 165 Å². The Bertz CT molecular complexity index is 845. The van der Waals surface area contributed by atoms with Crippen LogP contribution in [0.4, 0.5) is 4.39 Å². The molecule has 0 unspecified atom stereocenters. The van der Waals surface area contributed by atoms with Gasteiger partial charge in [0.05, 0.1) is 13.2 Å². The fourth-order valence-electron chi connectivity index (χ4n) is 4.40. The Hall–Kier alpha value is -2.11. The van der Waals surface area contributed by atoms with E-state index < -0.39 is 0 Å². The average molecular weight is 391 g/mol. The third-order valence-electron chi connectivity index (χ3n) is 5.68. The van der Waals surface area contributed by atoms with Gasteiger partial charge in [0.1, 0.15) is 11.6 Å². The Morgan fingerprint density at radius 3 is 2.74 bits per heavy atom. The monoisotopic (exact) mass is 390 g/mol. The van der Waals surface area contributed by atoms with E-state index in [-0.39, 0.29) is 30.2 Å². The maximum Gasteiger partial charge on any atom is 0.254 e. The van der Waals surface area contributed by atoms with Gasteiger partial charge in [-0.2, -0.15) is 0 Å². The standard InChI is InChI=1S/C21H23FN2O2.ClH/c1-13-8-17(26-2)6-7-18(13)21(25)24-12-15-10-23-11-19(15)20(24)14-4-3-5-16(22)9-14;/h3-9,15,19-20,23H,10-12H2,1-2H3;1H/t15-,19-,20+;/m0./s1. The largest absolute Gasteiger partial charge is 0.497 e. The predicted octanol–water partition coefficient (Wildman–Crippen LogP) is 3.60. The van der Waals surface area contributed by atoms with Gasteiger partial charge >= 0.3 is 0 Å². The number of hydrogen-bond acceptors (Lipinski definition) is 3. The van der Waals surface area contributed by atoms with Crippen LogP contribution in [-0.4, -0.2) is 37.6 Å². The van der Waals surface area contributed by atoms with Crippen LogP contribution >= 0.6 is 12.4 Å². The highest BCUT2D eigenvalue weighted by Crippen LogP contribution is 2.43. The Morgan fingerprint density at radius 1 is 1.22 bits per heavy atom. The van der Waals surface area contributed by atoms with Gasteiger partial charge in [0.25, 0.3) is 5.91 Å². The third-order valence-corrected chi connectivity index (χ3v) is 5.68. The van der Waals surface area contributed by atoms with Crippen molar-refractivity contribution in [3.05, 3.63) is 65.0 Å². The number of carbonyl (C=O) groups excluding carboxylic acids is 1. The SMILES string of the molecule is COc1ccc(C(=O)N2C[C@@H]3CNC[C@@H]3[C@H]2c2cccc(F)c2)c(C)c1.Cl. The number of aryl methyl sites for hydroxylation is 1. The molecule has 2 saturated heterocycles. The van der Waals surface area contributed by atoms with Gasteiger partial charge in [-0.05, 0) is 54.3 Å². The van der Waals surface area contributed by atoms with E-state index in [4.69, 9.17) is 4.74 Å². The Morgan fingerprint density at radius 2 is 2.04 bits per heavy atom. The van der Waals surface area contributed by atoms with Crippen LogP contribution in [0.3, 0.4) is 0 Å². The minimum Gasteiger partial charge on any atom is -0.497 e. The summed E-state index contributed by atoms with van der Waals surface area (Å²) in [6.07, 6.45) is 0. The van der Waals surface area contributed by atoms with E-state index in [9.17, 15) is 9.18 Å². The summed E-state index contributed by atoms with van der Waals surface area (Å²) in [5, 5.41) is 3.42. The van der Waals surface area contributed by atoms with Crippen LogP contribution in [0.25, 0.3) is 0 Å². The highest BCUT2D eigenvalue weighted by atomic mass is 35.5. The maximum atomic E-state index is 13.8. The van der Waals surface area contributed by atoms with Crippen LogP contribution in [0, 0.1) is 24.6 Å². The number of rotatable bonds is 3. The molecule has 0 saturated carbocycles. The summed E-state index contributed by atoms with van der Waals surface area (Å²) in [6.45, 7) is 4.38. The molecule has 2 fully saturated rings. The smallest absolute Gasteiger partial charge is 0.254 e. The summed E-state index contributed by atoms with van der Waals surface area (Å²) in [5.74, 6) is 1.21. The number of nitrogens with zero attached hydrogens (tertiary/aromatic N) is 1. The molecular weight excluding hydrogens is 367 g/mol. The van der Waals surface area contributed by atoms with E-state index in [2.05, 4.69) is 5.32 Å². The van der Waals surface area contributed by atoms with Gasteiger partial charge in [0.15, 0.2) is 0 Å². The molecule has 2 aromatic rings. The van der Waals surface area contributed by atoms with Crippen LogP contribution in [0.2, 0.25) is 0 Å². The van der Waals surface area contributed by atoms with Gasteiger partial charge in [-0.1, -0.05) is 12.1 Å². The van der Waals surface area contributed by atoms with Crippen molar-refractivity contribution < 1.29 is 13.9 Å². The molecule has 2 aliphatic rings. The first-order valence-corrected chi connectivity index (χ1v) is 9.00. The first-order valence-electron chi connectivity index (χ1n) is 9.00. The fraction of sp³-hybridized carbons (Fsp3) is 0.381. The van der Waals surface area contributed by atoms with E-state index in [1.54, 1.807) is 19.2 Å². The number of halogens is 2. The number of methoxy groups -OCH3 is 1. The zero-order chi connectivity index (χ0) is 18.3. The van der Waals surface area contributed by atoms with Gasteiger partial charge in [-0.3, -0.25) is 4.79 Å². The minimum atomic E-state index is -0.259. The molecule has 4 nitrogen and oxygen atoms in total. The fourth-order valence-corrected chi connectivity index (χ4v) is 4.40. The van der Waals surface area contributed by atoms with E-state index >= 15 is 0 Å². The highest BCUT2D eigenvalue weighted by Gasteiger charge is 2.47. The normalized spacial score (nSPS) is 23.7. The van der Waals surface area contributed by atoms with Gasteiger partial charge in [-0.25, -0.2) is 4.39 Å². The van der Waals surface area contributed by atoms with Crippen LogP contribution in [-0.2, 0) is 0 Å². The molecule has 0 spiro atoms. The van der Waals surface area contributed by atoms with Crippen LogP contribution < -0.4 is 10.1 Å². The zero-order valence-corrected chi connectivity index (χ0v) is 16.3. The van der Waals surface area contributed by atoms with Gasteiger partial charge < -0.3 is 15.0 Å². The van der Waals surface area contributed by atoms with Crippen molar-refractivity contribution in [1.29, 1.82) is 0 Å². The molecule has 1 N–H and O–H groups in total. The van der Waals surface area contributed by atoms with Crippen molar-refractivity contribution in [2.24, 2.45) is 11.8 Å². The molecule has 144 valence electrons. The molecule has 2 heterocycles. The third kappa shape index (κ3) is 3.54. The summed E-state index contributed by atoms with van der Waals surface area (Å²) in [4.78, 5) is 15.3. The summed E-state index contributed by atoms with van der Waals surface area (Å²) in [5.41, 5.74) is 2.45. The zero-order valence-electron chi connectivity index (χ0n) is 15.4. The lowest BCUT2D eigenvalue weighted by molar-refractivity contribution is 0.0713. The van der Waals surface area contributed by atoms with Gasteiger partial charge in [0.2, 0.25) is 0 Å². The molecular formula is C21H24ClFN2O2. The molecule has 6 heteroatoms. The number of benzene rings is 2. The van der Waals surface area contributed by atoms with Crippen LogP contribution in [0.1, 0.15) is 27.5 Å². The number of ether oxygens (including phenoxy) is 1. The first kappa shape index (κ1) is 19.6. The highest BCUT2D eigenvalue weighted by molar-refractivity contribution is 5.96. The summed E-state index contributed by atoms with van der Waals surface area (Å²) >= 11 is 0. The molecule has 2 aromatic carbocycles. The van der Waals surface area contributed by atoms with E-state index in [1.807, 2.05) is 36.1 Å². The van der Waals surface area contributed by atoms with Crippen molar-refractivity contribution in [3.63, 3.8) is 0 Å². The average Bonchev–Trinajstić information content (AvgIpc) is 3.21. The number of fused-ring (bicyclic) bond motifs is 1. The number of carbonyl (C=O) groups is 1. The molecule has 2 aliphatic heterocycles. The van der Waals surface area contributed by atoms with Crippen molar-refractivity contribution >= 4 is 18.3 Å². The van der Waals surface area contributed by atoms with Crippen LogP contribution in [0.15, 0.2) is 42.5 Å².